The van der Waals surface area contributed by atoms with Crippen LogP contribution in [0.3, 0.4) is 0 Å². The SMILES string of the molecule is O=C(C=C(C1CC1)C1CC1)OCc1c(Cl)nc2sccn12. The second-order valence-electron chi connectivity index (χ2n) is 5.71. The summed E-state index contributed by atoms with van der Waals surface area (Å²) in [5, 5.41) is 2.34. The van der Waals surface area contributed by atoms with Crippen LogP contribution in [0.4, 0.5) is 0 Å². The monoisotopic (exact) mass is 322 g/mol. The third-order valence-electron chi connectivity index (χ3n) is 4.05. The topological polar surface area (TPSA) is 43.6 Å². The summed E-state index contributed by atoms with van der Waals surface area (Å²) in [4.78, 5) is 17.1. The average molecular weight is 323 g/mol. The highest BCUT2D eigenvalue weighted by atomic mass is 35.5. The minimum Gasteiger partial charge on any atom is -0.456 e. The molecule has 4 rings (SSSR count). The summed E-state index contributed by atoms with van der Waals surface area (Å²) in [6.45, 7) is 0.161. The zero-order valence-electron chi connectivity index (χ0n) is 11.4. The summed E-state index contributed by atoms with van der Waals surface area (Å²) in [7, 11) is 0. The Labute approximate surface area is 131 Å². The molecule has 0 amide bonds. The van der Waals surface area contributed by atoms with E-state index in [1.165, 1.54) is 42.6 Å². The lowest BCUT2D eigenvalue weighted by atomic mass is 10.1. The lowest BCUT2D eigenvalue weighted by Crippen LogP contribution is -2.05. The normalized spacial score (nSPS) is 18.0. The van der Waals surface area contributed by atoms with Crippen LogP contribution in [0.2, 0.25) is 5.15 Å². The predicted molar refractivity (Wildman–Crippen MR) is 81.4 cm³/mol. The molecule has 0 aliphatic heterocycles. The van der Waals surface area contributed by atoms with Gasteiger partial charge in [0.1, 0.15) is 6.61 Å². The third kappa shape index (κ3) is 2.72. The molecule has 2 fully saturated rings. The van der Waals surface area contributed by atoms with Gasteiger partial charge < -0.3 is 4.74 Å². The molecule has 2 aliphatic carbocycles. The fraction of sp³-hybridized carbons (Fsp3) is 0.467. The van der Waals surface area contributed by atoms with E-state index < -0.39 is 0 Å². The number of nitrogens with zero attached hydrogens (tertiary/aromatic N) is 2. The van der Waals surface area contributed by atoms with E-state index in [1.54, 1.807) is 6.08 Å². The van der Waals surface area contributed by atoms with Crippen molar-refractivity contribution in [3.63, 3.8) is 0 Å². The van der Waals surface area contributed by atoms with Crippen molar-refractivity contribution in [3.8, 4) is 0 Å². The number of fused-ring (bicyclic) bond motifs is 1. The van der Waals surface area contributed by atoms with Gasteiger partial charge >= 0.3 is 5.97 Å². The van der Waals surface area contributed by atoms with Crippen molar-refractivity contribution >= 4 is 33.9 Å². The van der Waals surface area contributed by atoms with Crippen molar-refractivity contribution in [2.45, 2.75) is 32.3 Å². The van der Waals surface area contributed by atoms with Crippen molar-refractivity contribution in [1.29, 1.82) is 0 Å². The Morgan fingerprint density at radius 1 is 1.43 bits per heavy atom. The van der Waals surface area contributed by atoms with Gasteiger partial charge in [-0.15, -0.1) is 11.3 Å². The molecule has 2 aliphatic rings. The fourth-order valence-electron chi connectivity index (χ4n) is 2.65. The minimum absolute atomic E-state index is 0.161. The highest BCUT2D eigenvalue weighted by molar-refractivity contribution is 7.15. The van der Waals surface area contributed by atoms with Crippen LogP contribution in [0.1, 0.15) is 31.4 Å². The van der Waals surface area contributed by atoms with E-state index >= 15 is 0 Å². The molecule has 6 heteroatoms. The maximum atomic E-state index is 12.0. The van der Waals surface area contributed by atoms with Crippen LogP contribution in [0.15, 0.2) is 23.2 Å². The third-order valence-corrected chi connectivity index (χ3v) is 5.10. The van der Waals surface area contributed by atoms with Gasteiger partial charge in [0, 0.05) is 17.7 Å². The van der Waals surface area contributed by atoms with Gasteiger partial charge in [-0.2, -0.15) is 0 Å². The Hall–Kier alpha value is -1.33. The van der Waals surface area contributed by atoms with E-state index in [9.17, 15) is 4.79 Å². The molecule has 0 spiro atoms. The molecule has 0 atom stereocenters. The molecule has 110 valence electrons. The lowest BCUT2D eigenvalue weighted by Gasteiger charge is -2.05. The van der Waals surface area contributed by atoms with Crippen molar-refractivity contribution in [2.24, 2.45) is 11.8 Å². The number of imidazole rings is 1. The first kappa shape index (κ1) is 13.3. The number of ether oxygens (including phenoxy) is 1. The molecule has 2 heterocycles. The fourth-order valence-corrected chi connectivity index (χ4v) is 3.66. The second-order valence-corrected chi connectivity index (χ2v) is 6.94. The van der Waals surface area contributed by atoms with Crippen LogP contribution in [0.5, 0.6) is 0 Å². The van der Waals surface area contributed by atoms with E-state index in [0.717, 1.165) is 10.7 Å². The first-order valence-corrected chi connectivity index (χ1v) is 8.46. The molecule has 0 saturated heterocycles. The molecule has 4 nitrogen and oxygen atoms in total. The van der Waals surface area contributed by atoms with Gasteiger partial charge in [0.2, 0.25) is 0 Å². The average Bonchev–Trinajstić information content (AvgIpc) is 3.36. The number of rotatable bonds is 5. The van der Waals surface area contributed by atoms with Crippen LogP contribution in [-0.4, -0.2) is 15.4 Å². The molecule has 0 aromatic carbocycles. The molecule has 0 unspecified atom stereocenters. The number of thiazole rings is 1. The molecule has 0 bridgehead atoms. The highest BCUT2D eigenvalue weighted by Crippen LogP contribution is 2.48. The summed E-state index contributed by atoms with van der Waals surface area (Å²) in [5.74, 6) is 1.00. The standard InChI is InChI=1S/C15H15ClN2O2S/c16-14-12(18-5-6-21-15(18)17-14)8-20-13(19)7-11(9-1-2-9)10-3-4-10/h5-7,9-10H,1-4,8H2. The number of carbonyl (C=O) groups excluding carboxylic acids is 1. The Morgan fingerprint density at radius 2 is 2.14 bits per heavy atom. The van der Waals surface area contributed by atoms with Gasteiger partial charge in [-0.25, -0.2) is 9.78 Å². The summed E-state index contributed by atoms with van der Waals surface area (Å²) in [5.41, 5.74) is 2.04. The van der Waals surface area contributed by atoms with Crippen molar-refractivity contribution in [1.82, 2.24) is 9.38 Å². The number of allylic oxidation sites excluding steroid dienone is 1. The van der Waals surface area contributed by atoms with Crippen molar-refractivity contribution < 1.29 is 9.53 Å². The highest BCUT2D eigenvalue weighted by Gasteiger charge is 2.36. The van der Waals surface area contributed by atoms with Gasteiger partial charge in [-0.3, -0.25) is 4.40 Å². The van der Waals surface area contributed by atoms with Crippen LogP contribution in [0.25, 0.3) is 4.96 Å². The van der Waals surface area contributed by atoms with E-state index in [2.05, 4.69) is 4.98 Å². The number of carbonyl (C=O) groups is 1. The van der Waals surface area contributed by atoms with Crippen LogP contribution < -0.4 is 0 Å². The molecule has 2 saturated carbocycles. The van der Waals surface area contributed by atoms with E-state index in [-0.39, 0.29) is 12.6 Å². The lowest BCUT2D eigenvalue weighted by molar-refractivity contribution is -0.139. The van der Waals surface area contributed by atoms with E-state index in [0.29, 0.717) is 17.0 Å². The van der Waals surface area contributed by atoms with Gasteiger partial charge in [-0.05, 0) is 37.5 Å². The van der Waals surface area contributed by atoms with E-state index in [1.807, 2.05) is 16.0 Å². The van der Waals surface area contributed by atoms with Crippen LogP contribution in [-0.2, 0) is 16.1 Å². The molecule has 0 radical (unpaired) electrons. The van der Waals surface area contributed by atoms with Gasteiger partial charge in [-0.1, -0.05) is 17.2 Å². The zero-order chi connectivity index (χ0) is 14.4. The van der Waals surface area contributed by atoms with Crippen LogP contribution >= 0.6 is 22.9 Å². The summed E-state index contributed by atoms with van der Waals surface area (Å²) in [6, 6.07) is 0. The summed E-state index contributed by atoms with van der Waals surface area (Å²) in [6.07, 6.45) is 8.49. The maximum absolute atomic E-state index is 12.0. The first-order chi connectivity index (χ1) is 10.2. The molecule has 2 aromatic heterocycles. The maximum Gasteiger partial charge on any atom is 0.331 e. The van der Waals surface area contributed by atoms with Crippen LogP contribution in [0, 0.1) is 11.8 Å². The summed E-state index contributed by atoms with van der Waals surface area (Å²) < 4.78 is 7.24. The Kier molecular flexibility index (Phi) is 3.27. The van der Waals surface area contributed by atoms with Gasteiger partial charge in [0.05, 0.1) is 5.69 Å². The van der Waals surface area contributed by atoms with Crippen molar-refractivity contribution in [3.05, 3.63) is 34.1 Å². The second kappa shape index (κ2) is 5.14. The van der Waals surface area contributed by atoms with Gasteiger partial charge in [0.15, 0.2) is 10.1 Å². The number of aromatic nitrogens is 2. The number of esters is 1. The van der Waals surface area contributed by atoms with E-state index in [4.69, 9.17) is 16.3 Å². The largest absolute Gasteiger partial charge is 0.456 e. The summed E-state index contributed by atoms with van der Waals surface area (Å²) >= 11 is 7.59. The van der Waals surface area contributed by atoms with Gasteiger partial charge in [0.25, 0.3) is 0 Å². The number of hydrogen-bond acceptors (Lipinski definition) is 4. The predicted octanol–water partition coefficient (Wildman–Crippen LogP) is 3.84. The number of hydrogen-bond donors (Lipinski definition) is 0. The van der Waals surface area contributed by atoms with Crippen molar-refractivity contribution in [2.75, 3.05) is 0 Å². The zero-order valence-corrected chi connectivity index (χ0v) is 13.0. The first-order valence-electron chi connectivity index (χ1n) is 7.20. The molecule has 2 aromatic rings. The molecule has 21 heavy (non-hydrogen) atoms. The Morgan fingerprint density at radius 3 is 2.81 bits per heavy atom. The minimum atomic E-state index is -0.259. The quantitative estimate of drug-likeness (QED) is 0.620. The molecular weight excluding hydrogens is 308 g/mol. The smallest absolute Gasteiger partial charge is 0.331 e. The molecule has 0 N–H and O–H groups in total. The molecular formula is C15H15ClN2O2S. The Balaban J connectivity index is 1.46. The number of halogens is 1. The Bertz CT molecular complexity index is 711.